The van der Waals surface area contributed by atoms with Crippen molar-refractivity contribution >= 4 is 15.9 Å². The number of hydrogen-bond acceptors (Lipinski definition) is 7. The van der Waals surface area contributed by atoms with Gasteiger partial charge in [0.15, 0.2) is 5.82 Å². The highest BCUT2D eigenvalue weighted by atomic mass is 32.2. The molecular formula is C21H24N6O4S. The van der Waals surface area contributed by atoms with E-state index in [-0.39, 0.29) is 17.3 Å². The van der Waals surface area contributed by atoms with E-state index in [1.807, 2.05) is 31.2 Å². The van der Waals surface area contributed by atoms with E-state index in [2.05, 4.69) is 20.8 Å². The van der Waals surface area contributed by atoms with Gasteiger partial charge >= 0.3 is 0 Å². The predicted octanol–water partition coefficient (Wildman–Crippen LogP) is 1.78. The number of nitrogens with zero attached hydrogens (tertiary/aromatic N) is 5. The van der Waals surface area contributed by atoms with E-state index >= 15 is 0 Å². The third kappa shape index (κ3) is 4.63. The molecular weight excluding hydrogens is 432 g/mol. The monoisotopic (exact) mass is 456 g/mol. The first-order valence-corrected chi connectivity index (χ1v) is 11.8. The Balaban J connectivity index is 1.41. The van der Waals surface area contributed by atoms with Crippen LogP contribution in [-0.4, -0.2) is 58.5 Å². The summed E-state index contributed by atoms with van der Waals surface area (Å²) in [4.78, 5) is 12.7. The van der Waals surface area contributed by atoms with Crippen molar-refractivity contribution < 1.29 is 17.9 Å². The van der Waals surface area contributed by atoms with E-state index in [9.17, 15) is 13.2 Å². The number of carbonyl (C=O) groups is 1. The molecule has 32 heavy (non-hydrogen) atoms. The number of ether oxygens (including phenoxy) is 1. The molecule has 0 spiro atoms. The van der Waals surface area contributed by atoms with Gasteiger partial charge in [-0.2, -0.15) is 8.99 Å². The number of hydrogen-bond donors (Lipinski definition) is 1. The van der Waals surface area contributed by atoms with E-state index < -0.39 is 10.0 Å². The predicted molar refractivity (Wildman–Crippen MR) is 116 cm³/mol. The maximum absolute atomic E-state index is 12.6. The zero-order chi connectivity index (χ0) is 22.6. The molecule has 0 atom stereocenters. The lowest BCUT2D eigenvalue weighted by Crippen LogP contribution is -2.28. The molecule has 1 saturated heterocycles. The Bertz CT molecular complexity index is 1170. The van der Waals surface area contributed by atoms with E-state index in [0.29, 0.717) is 31.1 Å². The smallest absolute Gasteiger partial charge is 0.251 e. The van der Waals surface area contributed by atoms with Gasteiger partial charge in [0.05, 0.1) is 23.7 Å². The molecule has 2 aromatic carbocycles. The van der Waals surface area contributed by atoms with Gasteiger partial charge in [-0.25, -0.2) is 8.42 Å². The van der Waals surface area contributed by atoms with Crippen molar-refractivity contribution in [1.29, 1.82) is 0 Å². The van der Waals surface area contributed by atoms with Gasteiger partial charge in [-0.15, -0.1) is 5.10 Å². The molecule has 2 heterocycles. The summed E-state index contributed by atoms with van der Waals surface area (Å²) in [5, 5.41) is 14.4. The van der Waals surface area contributed by atoms with Gasteiger partial charge < -0.3 is 10.1 Å². The Morgan fingerprint density at radius 2 is 1.75 bits per heavy atom. The molecule has 0 unspecified atom stereocenters. The van der Waals surface area contributed by atoms with E-state index in [4.69, 9.17) is 4.74 Å². The number of rotatable bonds is 8. The van der Waals surface area contributed by atoms with Gasteiger partial charge in [-0.1, -0.05) is 0 Å². The highest BCUT2D eigenvalue weighted by molar-refractivity contribution is 7.89. The summed E-state index contributed by atoms with van der Waals surface area (Å²) in [6.45, 7) is 3.66. The van der Waals surface area contributed by atoms with Gasteiger partial charge in [0, 0.05) is 18.7 Å². The van der Waals surface area contributed by atoms with Crippen molar-refractivity contribution in [2.45, 2.75) is 31.2 Å². The van der Waals surface area contributed by atoms with Crippen molar-refractivity contribution in [2.24, 2.45) is 0 Å². The Morgan fingerprint density at radius 3 is 2.41 bits per heavy atom. The Labute approximate surface area is 186 Å². The molecule has 0 radical (unpaired) electrons. The molecule has 0 saturated carbocycles. The summed E-state index contributed by atoms with van der Waals surface area (Å²) < 4.78 is 33.7. The van der Waals surface area contributed by atoms with Gasteiger partial charge in [-0.05, 0) is 78.7 Å². The Kier molecular flexibility index (Phi) is 6.47. The Morgan fingerprint density at radius 1 is 1.06 bits per heavy atom. The zero-order valence-electron chi connectivity index (χ0n) is 17.6. The molecule has 1 aliphatic heterocycles. The van der Waals surface area contributed by atoms with Gasteiger partial charge in [0.25, 0.3) is 5.91 Å². The lowest BCUT2D eigenvalue weighted by atomic mass is 10.2. The Hall–Kier alpha value is -3.31. The van der Waals surface area contributed by atoms with E-state index in [1.54, 1.807) is 0 Å². The summed E-state index contributed by atoms with van der Waals surface area (Å²) in [7, 11) is -3.51. The molecule has 1 aliphatic rings. The first-order chi connectivity index (χ1) is 15.5. The number of tetrazole rings is 1. The van der Waals surface area contributed by atoms with Crippen molar-refractivity contribution in [1.82, 2.24) is 29.8 Å². The van der Waals surface area contributed by atoms with Gasteiger partial charge in [-0.3, -0.25) is 4.79 Å². The quantitative estimate of drug-likeness (QED) is 0.549. The summed E-state index contributed by atoms with van der Waals surface area (Å²) in [5.74, 6) is 0.849. The lowest BCUT2D eigenvalue weighted by molar-refractivity contribution is 0.0949. The molecule has 0 bridgehead atoms. The maximum Gasteiger partial charge on any atom is 0.251 e. The van der Waals surface area contributed by atoms with Crippen LogP contribution < -0.4 is 10.1 Å². The van der Waals surface area contributed by atoms with Crippen LogP contribution in [0.1, 0.15) is 35.9 Å². The highest BCUT2D eigenvalue weighted by Gasteiger charge is 2.27. The fraction of sp³-hybridized carbons (Fsp3) is 0.333. The SMILES string of the molecule is CCOc1ccc(-n2nnnc2CNC(=O)c2ccc(S(=O)(=O)N3CCCC3)cc2)cc1. The van der Waals surface area contributed by atoms with Crippen molar-refractivity contribution in [3.63, 3.8) is 0 Å². The zero-order valence-corrected chi connectivity index (χ0v) is 18.5. The van der Waals surface area contributed by atoms with Crippen LogP contribution in [0.3, 0.4) is 0 Å². The van der Waals surface area contributed by atoms with Crippen LogP contribution in [0, 0.1) is 0 Å². The van der Waals surface area contributed by atoms with Gasteiger partial charge in [0.1, 0.15) is 5.75 Å². The molecule has 1 aromatic heterocycles. The maximum atomic E-state index is 12.6. The van der Waals surface area contributed by atoms with Crippen LogP contribution in [0.15, 0.2) is 53.4 Å². The second kappa shape index (κ2) is 9.45. The summed E-state index contributed by atoms with van der Waals surface area (Å²) >= 11 is 0. The van der Waals surface area contributed by atoms with Crippen molar-refractivity contribution in [3.05, 3.63) is 59.9 Å². The van der Waals surface area contributed by atoms with Gasteiger partial charge in [0.2, 0.25) is 10.0 Å². The lowest BCUT2D eigenvalue weighted by Gasteiger charge is -2.15. The fourth-order valence-corrected chi connectivity index (χ4v) is 5.00. The first kappa shape index (κ1) is 21.9. The molecule has 4 rings (SSSR count). The topological polar surface area (TPSA) is 119 Å². The molecule has 1 fully saturated rings. The van der Waals surface area contributed by atoms with Crippen molar-refractivity contribution in [3.8, 4) is 11.4 Å². The third-order valence-corrected chi connectivity index (χ3v) is 7.07. The minimum Gasteiger partial charge on any atom is -0.494 e. The van der Waals surface area contributed by atoms with Crippen LogP contribution in [-0.2, 0) is 16.6 Å². The average molecular weight is 457 g/mol. The summed E-state index contributed by atoms with van der Waals surface area (Å²) in [6.07, 6.45) is 1.74. The second-order valence-corrected chi connectivity index (χ2v) is 9.19. The molecule has 1 amide bonds. The second-order valence-electron chi connectivity index (χ2n) is 7.25. The molecule has 3 aromatic rings. The van der Waals surface area contributed by atoms with Crippen LogP contribution in [0.5, 0.6) is 5.75 Å². The normalized spacial score (nSPS) is 14.4. The van der Waals surface area contributed by atoms with Crippen LogP contribution in [0.4, 0.5) is 0 Å². The number of benzene rings is 2. The van der Waals surface area contributed by atoms with Crippen molar-refractivity contribution in [2.75, 3.05) is 19.7 Å². The molecule has 11 heteroatoms. The van der Waals surface area contributed by atoms with Crippen LogP contribution in [0.2, 0.25) is 0 Å². The van der Waals surface area contributed by atoms with Crippen LogP contribution >= 0.6 is 0 Å². The van der Waals surface area contributed by atoms with E-state index in [0.717, 1.165) is 24.3 Å². The summed E-state index contributed by atoms with van der Waals surface area (Å²) in [5.41, 5.74) is 1.09. The number of sulfonamides is 1. The largest absolute Gasteiger partial charge is 0.494 e. The first-order valence-electron chi connectivity index (χ1n) is 10.4. The highest BCUT2D eigenvalue weighted by Crippen LogP contribution is 2.21. The number of amides is 1. The standard InChI is InChI=1S/C21H24N6O4S/c1-2-31-18-9-7-17(8-10-18)27-20(23-24-25-27)15-22-21(28)16-5-11-19(12-6-16)32(29,30)26-13-3-4-14-26/h5-12H,2-4,13-15H2,1H3,(H,22,28). The minimum absolute atomic E-state index is 0.104. The molecule has 10 nitrogen and oxygen atoms in total. The summed E-state index contributed by atoms with van der Waals surface area (Å²) in [6, 6.07) is 13.2. The van der Waals surface area contributed by atoms with E-state index in [1.165, 1.54) is 33.3 Å². The molecule has 168 valence electrons. The van der Waals surface area contributed by atoms with Crippen LogP contribution in [0.25, 0.3) is 5.69 Å². The third-order valence-electron chi connectivity index (χ3n) is 5.15. The molecule has 0 aliphatic carbocycles. The molecule has 1 N–H and O–H groups in total. The minimum atomic E-state index is -3.51. The number of aromatic nitrogens is 4. The fourth-order valence-electron chi connectivity index (χ4n) is 3.48. The number of carbonyl (C=O) groups excluding carboxylic acids is 1. The number of nitrogens with one attached hydrogen (secondary N) is 1. The average Bonchev–Trinajstić information content (AvgIpc) is 3.51.